The minimum absolute atomic E-state index is 0.120. The molecule has 0 radical (unpaired) electrons. The van der Waals surface area contributed by atoms with Crippen molar-refractivity contribution in [3.63, 3.8) is 0 Å². The summed E-state index contributed by atoms with van der Waals surface area (Å²) in [6.45, 7) is 2.57. The smallest absolute Gasteiger partial charge is 0.338 e. The highest BCUT2D eigenvalue weighted by Crippen LogP contribution is 2.36. The van der Waals surface area contributed by atoms with Crippen LogP contribution in [-0.2, 0) is 0 Å². The Kier molecular flexibility index (Phi) is 5.68. The molecule has 1 N–H and O–H groups in total. The Labute approximate surface area is 182 Å². The first-order valence-electron chi connectivity index (χ1n) is 11.5. The fourth-order valence-electron chi connectivity index (χ4n) is 5.18. The number of benzene rings is 1. The van der Waals surface area contributed by atoms with E-state index in [2.05, 4.69) is 38.2 Å². The molecule has 1 aromatic carbocycles. The Morgan fingerprint density at radius 2 is 1.77 bits per heavy atom. The summed E-state index contributed by atoms with van der Waals surface area (Å²) in [5.41, 5.74) is 2.35. The molecule has 2 aromatic heterocycles. The minimum Gasteiger partial charge on any atom is -0.478 e. The van der Waals surface area contributed by atoms with Gasteiger partial charge in [-0.1, -0.05) is 18.9 Å². The Balaban J connectivity index is 1.28. The van der Waals surface area contributed by atoms with Crippen LogP contribution in [0, 0.1) is 0 Å². The molecule has 162 valence electrons. The molecular weight excluding hydrogens is 390 g/mol. The van der Waals surface area contributed by atoms with Gasteiger partial charge in [-0.2, -0.15) is 5.10 Å². The number of hydrogen-bond donors (Lipinski definition) is 1. The summed E-state index contributed by atoms with van der Waals surface area (Å²) in [6.07, 6.45) is 15.2. The molecule has 1 saturated heterocycles. The van der Waals surface area contributed by atoms with Crippen LogP contribution in [0.4, 0.5) is 0 Å². The summed E-state index contributed by atoms with van der Waals surface area (Å²) in [7, 11) is 0. The van der Waals surface area contributed by atoms with Gasteiger partial charge in [-0.3, -0.25) is 0 Å². The normalized spacial score (nSPS) is 23.0. The van der Waals surface area contributed by atoms with E-state index in [9.17, 15) is 4.79 Å². The maximum Gasteiger partial charge on any atom is 0.338 e. The van der Waals surface area contributed by atoms with E-state index < -0.39 is 5.97 Å². The van der Waals surface area contributed by atoms with E-state index in [1.807, 2.05) is 6.20 Å². The van der Waals surface area contributed by atoms with Crippen LogP contribution in [0.3, 0.4) is 0 Å². The number of carboxylic acids is 1. The number of carbonyl (C=O) groups is 1. The predicted octanol–water partition coefficient (Wildman–Crippen LogP) is 4.42. The number of likely N-dealkylation sites (tertiary alicyclic amines) is 1. The zero-order valence-electron chi connectivity index (χ0n) is 17.8. The van der Waals surface area contributed by atoms with Gasteiger partial charge in [-0.05, 0) is 75.2 Å². The molecule has 0 unspecified atom stereocenters. The average molecular weight is 420 g/mol. The lowest BCUT2D eigenvalue weighted by molar-refractivity contribution is 0.0697. The van der Waals surface area contributed by atoms with Crippen molar-refractivity contribution >= 4 is 16.9 Å². The van der Waals surface area contributed by atoms with Crippen LogP contribution in [0.5, 0.6) is 0 Å². The first-order chi connectivity index (χ1) is 15.2. The number of aromatic carboxylic acids is 1. The fourth-order valence-corrected chi connectivity index (χ4v) is 5.18. The lowest BCUT2D eigenvalue weighted by atomic mass is 9.81. The predicted molar refractivity (Wildman–Crippen MR) is 119 cm³/mol. The average Bonchev–Trinajstić information content (AvgIpc) is 3.15. The molecule has 31 heavy (non-hydrogen) atoms. The zero-order valence-corrected chi connectivity index (χ0v) is 17.8. The van der Waals surface area contributed by atoms with Crippen LogP contribution in [0.25, 0.3) is 16.9 Å². The van der Waals surface area contributed by atoms with Crippen LogP contribution in [-0.4, -0.2) is 54.9 Å². The summed E-state index contributed by atoms with van der Waals surface area (Å²) >= 11 is 0. The van der Waals surface area contributed by atoms with Crippen molar-refractivity contribution in [1.82, 2.24) is 24.6 Å². The summed E-state index contributed by atoms with van der Waals surface area (Å²) in [5.74, 6) is -0.0236. The summed E-state index contributed by atoms with van der Waals surface area (Å²) < 4.78 is 1.40. The quantitative estimate of drug-likeness (QED) is 0.674. The van der Waals surface area contributed by atoms with E-state index in [4.69, 9.17) is 5.11 Å². The lowest BCUT2D eigenvalue weighted by Gasteiger charge is -2.36. The third-order valence-electron chi connectivity index (χ3n) is 6.95. The van der Waals surface area contributed by atoms with E-state index in [0.29, 0.717) is 11.9 Å². The van der Waals surface area contributed by atoms with E-state index in [1.54, 1.807) is 0 Å². The Morgan fingerprint density at radius 1 is 1.00 bits per heavy atom. The minimum atomic E-state index is -1.01. The fraction of sp³-hybridized carbons (Fsp3) is 0.500. The molecule has 1 aliphatic carbocycles. The summed E-state index contributed by atoms with van der Waals surface area (Å²) in [5, 5.41) is 14.2. The third kappa shape index (κ3) is 4.32. The van der Waals surface area contributed by atoms with Crippen molar-refractivity contribution in [2.24, 2.45) is 0 Å². The zero-order chi connectivity index (χ0) is 21.2. The van der Waals surface area contributed by atoms with Crippen molar-refractivity contribution in [2.75, 3.05) is 13.1 Å². The number of aromatic nitrogens is 4. The van der Waals surface area contributed by atoms with Crippen LogP contribution >= 0.6 is 0 Å². The molecule has 1 saturated carbocycles. The lowest BCUT2D eigenvalue weighted by Crippen LogP contribution is -2.38. The van der Waals surface area contributed by atoms with Gasteiger partial charge in [0.1, 0.15) is 0 Å². The van der Waals surface area contributed by atoms with Crippen molar-refractivity contribution < 1.29 is 9.90 Å². The van der Waals surface area contributed by atoms with Gasteiger partial charge in [-0.15, -0.1) is 0 Å². The SMILES string of the molecule is O=C(O)c1cnn(-c2ncc3cc(C4CCC(N5CCCCCC5)CC4)ccc3n2)c1. The van der Waals surface area contributed by atoms with E-state index in [1.165, 1.54) is 87.1 Å². The third-order valence-corrected chi connectivity index (χ3v) is 6.95. The van der Waals surface area contributed by atoms with Crippen LogP contribution in [0.1, 0.15) is 73.2 Å². The molecule has 3 aromatic rings. The molecular formula is C24H29N5O2. The van der Waals surface area contributed by atoms with E-state index in [0.717, 1.165) is 16.9 Å². The standard InChI is InChI=1S/C24H29N5O2/c30-23(31)20-15-26-29(16-20)24-25-14-19-13-18(7-10-22(19)27-24)17-5-8-21(9-6-17)28-11-3-1-2-4-12-28/h7,10,13-17,21H,1-6,8-9,11-12H2,(H,30,31). The highest BCUT2D eigenvalue weighted by atomic mass is 16.4. The molecule has 7 heteroatoms. The first-order valence-corrected chi connectivity index (χ1v) is 11.5. The number of carboxylic acid groups (broad SMARTS) is 1. The van der Waals surface area contributed by atoms with Crippen molar-refractivity contribution in [3.8, 4) is 5.95 Å². The van der Waals surface area contributed by atoms with Gasteiger partial charge < -0.3 is 10.0 Å². The second kappa shape index (κ2) is 8.75. The van der Waals surface area contributed by atoms with Crippen LogP contribution in [0.2, 0.25) is 0 Å². The van der Waals surface area contributed by atoms with Gasteiger partial charge in [-0.25, -0.2) is 19.4 Å². The molecule has 0 amide bonds. The maximum absolute atomic E-state index is 11.1. The second-order valence-electron chi connectivity index (χ2n) is 8.92. The summed E-state index contributed by atoms with van der Waals surface area (Å²) in [6, 6.07) is 7.24. The number of rotatable bonds is 4. The van der Waals surface area contributed by atoms with Crippen molar-refractivity contribution in [3.05, 3.63) is 47.9 Å². The Bertz CT molecular complexity index is 1060. The number of hydrogen-bond acceptors (Lipinski definition) is 5. The maximum atomic E-state index is 11.1. The topological polar surface area (TPSA) is 84.1 Å². The molecule has 0 bridgehead atoms. The molecule has 1 aliphatic heterocycles. The Morgan fingerprint density at radius 3 is 2.48 bits per heavy atom. The van der Waals surface area contributed by atoms with Gasteiger partial charge >= 0.3 is 5.97 Å². The molecule has 2 aliphatic rings. The van der Waals surface area contributed by atoms with Gasteiger partial charge in [0.15, 0.2) is 0 Å². The molecule has 3 heterocycles. The van der Waals surface area contributed by atoms with Gasteiger partial charge in [0.25, 0.3) is 5.95 Å². The van der Waals surface area contributed by atoms with Crippen molar-refractivity contribution in [1.29, 1.82) is 0 Å². The Hall–Kier alpha value is -2.80. The summed E-state index contributed by atoms with van der Waals surface area (Å²) in [4.78, 5) is 22.8. The molecule has 2 fully saturated rings. The van der Waals surface area contributed by atoms with Gasteiger partial charge in [0.2, 0.25) is 0 Å². The highest BCUT2D eigenvalue weighted by Gasteiger charge is 2.27. The highest BCUT2D eigenvalue weighted by molar-refractivity contribution is 5.87. The molecule has 0 spiro atoms. The molecule has 7 nitrogen and oxygen atoms in total. The van der Waals surface area contributed by atoms with Gasteiger partial charge in [0.05, 0.1) is 17.3 Å². The second-order valence-corrected chi connectivity index (χ2v) is 8.92. The van der Waals surface area contributed by atoms with Crippen molar-refractivity contribution in [2.45, 2.75) is 63.3 Å². The molecule has 0 atom stereocenters. The van der Waals surface area contributed by atoms with E-state index >= 15 is 0 Å². The monoisotopic (exact) mass is 419 g/mol. The largest absolute Gasteiger partial charge is 0.478 e. The van der Waals surface area contributed by atoms with E-state index in [-0.39, 0.29) is 5.56 Å². The van der Waals surface area contributed by atoms with Crippen LogP contribution in [0.15, 0.2) is 36.8 Å². The first kappa shape index (κ1) is 20.1. The molecule has 5 rings (SSSR count). The van der Waals surface area contributed by atoms with Crippen LogP contribution < -0.4 is 0 Å². The number of fused-ring (bicyclic) bond motifs is 1. The van der Waals surface area contributed by atoms with Gasteiger partial charge in [0, 0.05) is 23.8 Å². The number of nitrogens with zero attached hydrogens (tertiary/aromatic N) is 5.